The highest BCUT2D eigenvalue weighted by molar-refractivity contribution is 6.36. The molecule has 3 aromatic heterocycles. The molecule has 31 heavy (non-hydrogen) atoms. The van der Waals surface area contributed by atoms with Gasteiger partial charge in [-0.25, -0.2) is 19.7 Å². The third-order valence-corrected chi connectivity index (χ3v) is 5.88. The van der Waals surface area contributed by atoms with Crippen molar-refractivity contribution in [1.82, 2.24) is 24.8 Å². The van der Waals surface area contributed by atoms with E-state index >= 15 is 0 Å². The van der Waals surface area contributed by atoms with Crippen LogP contribution in [-0.2, 0) is 19.5 Å². The Kier molecular flexibility index (Phi) is 4.88. The van der Waals surface area contributed by atoms with Gasteiger partial charge in [-0.2, -0.15) is 0 Å². The second-order valence-electron chi connectivity index (χ2n) is 7.61. The van der Waals surface area contributed by atoms with Gasteiger partial charge in [-0.1, -0.05) is 23.2 Å². The van der Waals surface area contributed by atoms with Crippen molar-refractivity contribution in [3.05, 3.63) is 85.1 Å². The van der Waals surface area contributed by atoms with Crippen molar-refractivity contribution >= 4 is 22.6 Å². The Bertz CT molecular complexity index is 1410. The summed E-state index contributed by atoms with van der Waals surface area (Å²) in [7, 11) is 0. The van der Waals surface area contributed by atoms with Crippen LogP contribution in [0.15, 0.2) is 50.9 Å². The van der Waals surface area contributed by atoms with Gasteiger partial charge in [-0.15, -0.1) is 0 Å². The predicted octanol–water partition coefficient (Wildman–Crippen LogP) is 2.85. The molecule has 1 N–H and O–H groups in total. The third kappa shape index (κ3) is 3.64. The van der Waals surface area contributed by atoms with E-state index in [4.69, 9.17) is 16.0 Å². The summed E-state index contributed by atoms with van der Waals surface area (Å²) in [6, 6.07) is 5.52. The zero-order valence-electron chi connectivity index (χ0n) is 16.7. The maximum atomic E-state index is 12.7. The number of nitrogens with one attached hydrogen (secondary N) is 1. The number of halogens is 1. The van der Waals surface area contributed by atoms with Crippen molar-refractivity contribution in [2.75, 3.05) is 6.54 Å². The van der Waals surface area contributed by atoms with Crippen LogP contribution in [0.2, 0.25) is 5.02 Å². The largest absolute Gasteiger partial charge is 0.422 e. The molecule has 0 atom stereocenters. The number of nitrogens with zero attached hydrogens (tertiary/aromatic N) is 4. The smallest absolute Gasteiger partial charge is 0.342 e. The molecule has 4 heterocycles. The van der Waals surface area contributed by atoms with Gasteiger partial charge in [0.1, 0.15) is 17.7 Å². The van der Waals surface area contributed by atoms with Crippen LogP contribution in [0.4, 0.5) is 0 Å². The summed E-state index contributed by atoms with van der Waals surface area (Å²) in [6.07, 6.45) is 5.22. The molecule has 4 aromatic rings. The van der Waals surface area contributed by atoms with Crippen LogP contribution in [0, 0.1) is 6.92 Å². The van der Waals surface area contributed by atoms with Crippen LogP contribution in [0.1, 0.15) is 22.4 Å². The Morgan fingerprint density at radius 1 is 1.23 bits per heavy atom. The molecule has 0 saturated carbocycles. The van der Waals surface area contributed by atoms with Crippen molar-refractivity contribution in [2.24, 2.45) is 0 Å². The standard InChI is InChI=1S/C22H18ClN5O3/c1-12-2-3-18-14(6-12)19(23)16(22(30)31-18)10-28-5-4-17-15(9-28)21(29)27-20(26-17)13-7-24-11-25-8-13/h2-3,6-8,11H,4-5,9-10H2,1H3,(H,26,27,29). The van der Waals surface area contributed by atoms with Crippen molar-refractivity contribution in [1.29, 1.82) is 0 Å². The molecular weight excluding hydrogens is 418 g/mol. The first kappa shape index (κ1) is 19.6. The Morgan fingerprint density at radius 2 is 2.03 bits per heavy atom. The average Bonchev–Trinajstić information content (AvgIpc) is 2.78. The number of H-pyrrole nitrogens is 1. The molecule has 0 unspecified atom stereocenters. The van der Waals surface area contributed by atoms with E-state index in [1.165, 1.54) is 6.33 Å². The third-order valence-electron chi connectivity index (χ3n) is 5.45. The molecule has 156 valence electrons. The highest BCUT2D eigenvalue weighted by atomic mass is 35.5. The van der Waals surface area contributed by atoms with Crippen molar-refractivity contribution in [3.8, 4) is 11.4 Å². The first-order valence-corrected chi connectivity index (χ1v) is 10.2. The van der Waals surface area contributed by atoms with E-state index in [0.717, 1.165) is 11.3 Å². The van der Waals surface area contributed by atoms with Gasteiger partial charge in [0.05, 0.1) is 27.4 Å². The minimum atomic E-state index is -0.460. The molecule has 0 amide bonds. The van der Waals surface area contributed by atoms with E-state index in [1.807, 2.05) is 24.0 Å². The molecule has 9 heteroatoms. The molecule has 1 aliphatic rings. The van der Waals surface area contributed by atoms with Gasteiger partial charge in [0.25, 0.3) is 5.56 Å². The second-order valence-corrected chi connectivity index (χ2v) is 7.99. The van der Waals surface area contributed by atoms with E-state index in [9.17, 15) is 9.59 Å². The molecule has 0 aliphatic carbocycles. The lowest BCUT2D eigenvalue weighted by Gasteiger charge is -2.27. The Hall–Kier alpha value is -3.36. The maximum absolute atomic E-state index is 12.7. The topological polar surface area (TPSA) is 105 Å². The predicted molar refractivity (Wildman–Crippen MR) is 116 cm³/mol. The number of fused-ring (bicyclic) bond motifs is 2. The number of aryl methyl sites for hydroxylation is 1. The number of hydrogen-bond acceptors (Lipinski definition) is 7. The van der Waals surface area contributed by atoms with E-state index < -0.39 is 5.63 Å². The van der Waals surface area contributed by atoms with Crippen LogP contribution >= 0.6 is 11.6 Å². The lowest BCUT2D eigenvalue weighted by molar-refractivity contribution is 0.239. The van der Waals surface area contributed by atoms with Gasteiger partial charge in [0, 0.05) is 43.8 Å². The van der Waals surface area contributed by atoms with Crippen LogP contribution in [0.3, 0.4) is 0 Å². The summed E-state index contributed by atoms with van der Waals surface area (Å²) in [6.45, 7) is 3.25. The normalized spacial score (nSPS) is 14.0. The van der Waals surface area contributed by atoms with Gasteiger partial charge in [-0.3, -0.25) is 9.69 Å². The molecule has 0 fully saturated rings. The molecule has 5 rings (SSSR count). The molecule has 0 radical (unpaired) electrons. The highest BCUT2D eigenvalue weighted by Gasteiger charge is 2.24. The fourth-order valence-electron chi connectivity index (χ4n) is 3.85. The first-order valence-electron chi connectivity index (χ1n) is 9.81. The molecule has 0 bridgehead atoms. The van der Waals surface area contributed by atoms with Crippen LogP contribution in [0.5, 0.6) is 0 Å². The van der Waals surface area contributed by atoms with Gasteiger partial charge in [0.15, 0.2) is 0 Å². The summed E-state index contributed by atoms with van der Waals surface area (Å²) in [5, 5.41) is 1.11. The van der Waals surface area contributed by atoms with Crippen LogP contribution in [-0.4, -0.2) is 31.4 Å². The Balaban J connectivity index is 1.46. The lowest BCUT2D eigenvalue weighted by atomic mass is 10.1. The minimum Gasteiger partial charge on any atom is -0.422 e. The number of benzene rings is 1. The first-order chi connectivity index (χ1) is 15.0. The second kappa shape index (κ2) is 7.72. The Morgan fingerprint density at radius 3 is 2.84 bits per heavy atom. The van der Waals surface area contributed by atoms with E-state index in [0.29, 0.717) is 58.0 Å². The highest BCUT2D eigenvalue weighted by Crippen LogP contribution is 2.28. The zero-order valence-corrected chi connectivity index (χ0v) is 17.4. The molecule has 0 spiro atoms. The summed E-state index contributed by atoms with van der Waals surface area (Å²) >= 11 is 6.58. The van der Waals surface area contributed by atoms with Gasteiger partial charge in [-0.05, 0) is 19.1 Å². The summed E-state index contributed by atoms with van der Waals surface area (Å²) in [5.74, 6) is 0.450. The monoisotopic (exact) mass is 435 g/mol. The molecule has 0 saturated heterocycles. The van der Waals surface area contributed by atoms with Gasteiger partial charge in [0.2, 0.25) is 0 Å². The number of rotatable bonds is 3. The van der Waals surface area contributed by atoms with Gasteiger partial charge >= 0.3 is 5.63 Å². The summed E-state index contributed by atoms with van der Waals surface area (Å²) in [5.41, 5.74) is 3.20. The number of hydrogen-bond donors (Lipinski definition) is 1. The quantitative estimate of drug-likeness (QED) is 0.493. The van der Waals surface area contributed by atoms with Crippen molar-refractivity contribution in [3.63, 3.8) is 0 Å². The van der Waals surface area contributed by atoms with E-state index in [-0.39, 0.29) is 12.1 Å². The molecule has 1 aromatic carbocycles. The molecule has 1 aliphatic heterocycles. The zero-order chi connectivity index (χ0) is 21.5. The van der Waals surface area contributed by atoms with Crippen molar-refractivity contribution < 1.29 is 4.42 Å². The number of aromatic nitrogens is 4. The fraction of sp³-hybridized carbons (Fsp3) is 0.227. The molecular formula is C22H18ClN5O3. The maximum Gasteiger partial charge on any atom is 0.342 e. The minimum absolute atomic E-state index is 0.208. The fourth-order valence-corrected chi connectivity index (χ4v) is 4.13. The van der Waals surface area contributed by atoms with E-state index in [1.54, 1.807) is 18.5 Å². The van der Waals surface area contributed by atoms with Crippen molar-refractivity contribution in [2.45, 2.75) is 26.4 Å². The SMILES string of the molecule is Cc1ccc2oc(=O)c(CN3CCc4nc(-c5cncnc5)[nH]c(=O)c4C3)c(Cl)c2c1. The van der Waals surface area contributed by atoms with Crippen LogP contribution in [0.25, 0.3) is 22.4 Å². The van der Waals surface area contributed by atoms with E-state index in [2.05, 4.69) is 19.9 Å². The average molecular weight is 436 g/mol. The summed E-state index contributed by atoms with van der Waals surface area (Å²) in [4.78, 5) is 42.7. The lowest BCUT2D eigenvalue weighted by Crippen LogP contribution is -2.36. The van der Waals surface area contributed by atoms with Gasteiger partial charge < -0.3 is 9.40 Å². The molecule has 8 nitrogen and oxygen atoms in total. The number of aromatic amines is 1. The van der Waals surface area contributed by atoms with Crippen LogP contribution < -0.4 is 11.2 Å². The summed E-state index contributed by atoms with van der Waals surface area (Å²) < 4.78 is 5.47. The Labute approximate surface area is 181 Å².